The number of carbonyl (C=O) groups is 2. The van der Waals surface area contributed by atoms with Crippen molar-refractivity contribution in [2.24, 2.45) is 0 Å². The van der Waals surface area contributed by atoms with Gasteiger partial charge in [0.05, 0.1) is 0 Å². The molecule has 0 radical (unpaired) electrons. The van der Waals surface area contributed by atoms with E-state index in [1.807, 2.05) is 44.2 Å². The second-order valence-electron chi connectivity index (χ2n) is 6.08. The van der Waals surface area contributed by atoms with Crippen LogP contribution in [0.15, 0.2) is 42.6 Å². The minimum atomic E-state index is -1.26. The topological polar surface area (TPSA) is 82.2 Å². The first-order valence-corrected chi connectivity index (χ1v) is 7.16. The highest BCUT2D eigenvalue weighted by Crippen LogP contribution is 2.57. The molecule has 2 atom stereocenters. The van der Waals surface area contributed by atoms with Crippen LogP contribution in [-0.2, 0) is 10.2 Å². The molecule has 0 saturated heterocycles. The van der Waals surface area contributed by atoms with E-state index in [-0.39, 0.29) is 5.91 Å². The summed E-state index contributed by atoms with van der Waals surface area (Å²) in [6, 6.07) is 11.2. The van der Waals surface area contributed by atoms with E-state index in [1.165, 1.54) is 0 Å². The van der Waals surface area contributed by atoms with E-state index in [0.717, 1.165) is 11.1 Å². The van der Waals surface area contributed by atoms with Crippen LogP contribution in [0.4, 0.5) is 0 Å². The lowest BCUT2D eigenvalue weighted by atomic mass is 9.92. The Hall–Kier alpha value is -2.56. The summed E-state index contributed by atoms with van der Waals surface area (Å²) in [6.45, 7) is 3.68. The first-order chi connectivity index (χ1) is 10.4. The molecule has 1 heterocycles. The normalized spacial score (nSPS) is 26.5. The van der Waals surface area contributed by atoms with Gasteiger partial charge in [0, 0.05) is 11.6 Å². The van der Waals surface area contributed by atoms with Gasteiger partial charge in [0.15, 0.2) is 0 Å². The summed E-state index contributed by atoms with van der Waals surface area (Å²) >= 11 is 0. The third-order valence-corrected chi connectivity index (χ3v) is 4.72. The molecule has 3 N–H and O–H groups in total. The maximum Gasteiger partial charge on any atom is 0.330 e. The van der Waals surface area contributed by atoms with Crippen molar-refractivity contribution < 1.29 is 14.7 Å². The zero-order valence-corrected chi connectivity index (χ0v) is 12.5. The Kier molecular flexibility index (Phi) is 3.09. The van der Waals surface area contributed by atoms with E-state index >= 15 is 0 Å². The van der Waals surface area contributed by atoms with Crippen LogP contribution in [0, 0.1) is 6.92 Å². The zero-order valence-electron chi connectivity index (χ0n) is 12.5. The third kappa shape index (κ3) is 1.93. The zero-order chi connectivity index (χ0) is 16.0. The van der Waals surface area contributed by atoms with Crippen LogP contribution >= 0.6 is 0 Å². The number of aromatic nitrogens is 1. The number of H-pyrrole nitrogens is 1. The first-order valence-electron chi connectivity index (χ1n) is 7.16. The predicted octanol–water partition coefficient (Wildman–Crippen LogP) is 2.24. The quantitative estimate of drug-likeness (QED) is 0.809. The molecule has 1 saturated carbocycles. The fraction of sp³-hybridized carbons (Fsp3) is 0.294. The standard InChI is InChI=1S/C17H18N2O3/c1-11-8-9-18-13(11)14(20)19-17(15(21)22)10-16(17,2)12-6-4-3-5-7-12/h3-9,18H,10H2,1-2H3,(H,19,20)(H,21,22)/t16-,17-/m0/s1. The Morgan fingerprint density at radius 2 is 1.91 bits per heavy atom. The lowest BCUT2D eigenvalue weighted by Crippen LogP contribution is -2.48. The Balaban J connectivity index is 1.91. The van der Waals surface area contributed by atoms with Gasteiger partial charge in [-0.2, -0.15) is 0 Å². The smallest absolute Gasteiger partial charge is 0.330 e. The van der Waals surface area contributed by atoms with E-state index < -0.39 is 16.9 Å². The van der Waals surface area contributed by atoms with Gasteiger partial charge in [-0.05, 0) is 30.5 Å². The van der Waals surface area contributed by atoms with E-state index in [2.05, 4.69) is 10.3 Å². The highest BCUT2D eigenvalue weighted by molar-refractivity contribution is 6.00. The van der Waals surface area contributed by atoms with Crippen LogP contribution in [0.2, 0.25) is 0 Å². The number of aromatic amines is 1. The molecule has 0 spiro atoms. The molecule has 1 fully saturated rings. The van der Waals surface area contributed by atoms with Gasteiger partial charge in [0.2, 0.25) is 0 Å². The number of carboxylic acids is 1. The highest BCUT2D eigenvalue weighted by Gasteiger charge is 2.71. The Labute approximate surface area is 128 Å². The molecule has 0 aliphatic heterocycles. The van der Waals surface area contributed by atoms with Gasteiger partial charge in [0.25, 0.3) is 5.91 Å². The number of rotatable bonds is 4. The van der Waals surface area contributed by atoms with Crippen molar-refractivity contribution in [3.8, 4) is 0 Å². The number of aryl methyl sites for hydroxylation is 1. The molecule has 0 unspecified atom stereocenters. The molecule has 5 heteroatoms. The van der Waals surface area contributed by atoms with Crippen molar-refractivity contribution in [3.05, 3.63) is 59.4 Å². The maximum atomic E-state index is 12.4. The molecular weight excluding hydrogens is 280 g/mol. The fourth-order valence-corrected chi connectivity index (χ4v) is 3.14. The molecule has 1 aliphatic carbocycles. The Bertz CT molecular complexity index is 737. The van der Waals surface area contributed by atoms with E-state index in [0.29, 0.717) is 12.1 Å². The average molecular weight is 298 g/mol. The van der Waals surface area contributed by atoms with E-state index in [1.54, 1.807) is 12.3 Å². The van der Waals surface area contributed by atoms with Crippen LogP contribution in [0.3, 0.4) is 0 Å². The summed E-state index contributed by atoms with van der Waals surface area (Å²) in [7, 11) is 0. The molecular formula is C17H18N2O3. The van der Waals surface area contributed by atoms with Crippen molar-refractivity contribution in [2.75, 3.05) is 0 Å². The molecule has 5 nitrogen and oxygen atoms in total. The largest absolute Gasteiger partial charge is 0.479 e. The Morgan fingerprint density at radius 3 is 2.45 bits per heavy atom. The summed E-state index contributed by atoms with van der Waals surface area (Å²) in [4.78, 5) is 27.1. The van der Waals surface area contributed by atoms with Gasteiger partial charge in [0.1, 0.15) is 11.2 Å². The summed E-state index contributed by atoms with van der Waals surface area (Å²) in [5, 5.41) is 12.4. The molecule has 1 aliphatic rings. The minimum absolute atomic E-state index is 0.380. The number of benzene rings is 1. The highest BCUT2D eigenvalue weighted by atomic mass is 16.4. The molecule has 1 aromatic carbocycles. The van der Waals surface area contributed by atoms with Crippen LogP contribution in [0.5, 0.6) is 0 Å². The van der Waals surface area contributed by atoms with Crippen molar-refractivity contribution in [3.63, 3.8) is 0 Å². The third-order valence-electron chi connectivity index (χ3n) is 4.72. The molecule has 0 bridgehead atoms. The van der Waals surface area contributed by atoms with Crippen molar-refractivity contribution >= 4 is 11.9 Å². The molecule has 114 valence electrons. The van der Waals surface area contributed by atoms with E-state index in [9.17, 15) is 14.7 Å². The lowest BCUT2D eigenvalue weighted by molar-refractivity contribution is -0.141. The number of amides is 1. The number of carboxylic acid groups (broad SMARTS) is 1. The van der Waals surface area contributed by atoms with Crippen molar-refractivity contribution in [2.45, 2.75) is 31.2 Å². The summed E-state index contributed by atoms with van der Waals surface area (Å²) in [5.74, 6) is -1.39. The molecule has 22 heavy (non-hydrogen) atoms. The number of carbonyl (C=O) groups excluding carboxylic acids is 1. The van der Waals surface area contributed by atoms with Crippen LogP contribution in [-0.4, -0.2) is 27.5 Å². The van der Waals surface area contributed by atoms with Crippen LogP contribution in [0.1, 0.15) is 35.0 Å². The van der Waals surface area contributed by atoms with Gasteiger partial charge >= 0.3 is 5.97 Å². The summed E-state index contributed by atoms with van der Waals surface area (Å²) in [5.41, 5.74) is 0.253. The van der Waals surface area contributed by atoms with Gasteiger partial charge in [-0.1, -0.05) is 37.3 Å². The van der Waals surface area contributed by atoms with E-state index in [4.69, 9.17) is 0 Å². The minimum Gasteiger partial charge on any atom is -0.479 e. The number of nitrogens with one attached hydrogen (secondary N) is 2. The van der Waals surface area contributed by atoms with Gasteiger partial charge in [-0.25, -0.2) is 4.79 Å². The SMILES string of the molecule is Cc1cc[nH]c1C(=O)N[C@]1(C(=O)O)C[C@@]1(C)c1ccccc1. The summed E-state index contributed by atoms with van der Waals surface area (Å²) in [6.07, 6.45) is 2.05. The number of aliphatic carboxylic acids is 1. The van der Waals surface area contributed by atoms with Gasteiger partial charge < -0.3 is 15.4 Å². The molecule has 1 amide bonds. The molecule has 3 rings (SSSR count). The average Bonchev–Trinajstić information content (AvgIpc) is 2.88. The van der Waals surface area contributed by atoms with Crippen molar-refractivity contribution in [1.29, 1.82) is 0 Å². The molecule has 1 aromatic heterocycles. The lowest BCUT2D eigenvalue weighted by Gasteiger charge is -2.21. The van der Waals surface area contributed by atoms with Gasteiger partial charge in [-0.15, -0.1) is 0 Å². The molecule has 2 aromatic rings. The summed E-state index contributed by atoms with van der Waals surface area (Å²) < 4.78 is 0. The maximum absolute atomic E-state index is 12.4. The predicted molar refractivity (Wildman–Crippen MR) is 81.8 cm³/mol. The fourth-order valence-electron chi connectivity index (χ4n) is 3.14. The van der Waals surface area contributed by atoms with Crippen LogP contribution < -0.4 is 5.32 Å². The van der Waals surface area contributed by atoms with Crippen LogP contribution in [0.25, 0.3) is 0 Å². The van der Waals surface area contributed by atoms with Crippen molar-refractivity contribution in [1.82, 2.24) is 10.3 Å². The first kappa shape index (κ1) is 14.4. The second-order valence-corrected chi connectivity index (χ2v) is 6.08. The number of hydrogen-bond donors (Lipinski definition) is 3. The number of hydrogen-bond acceptors (Lipinski definition) is 2. The Morgan fingerprint density at radius 1 is 1.23 bits per heavy atom. The van der Waals surface area contributed by atoms with Gasteiger partial charge in [-0.3, -0.25) is 4.79 Å². The monoisotopic (exact) mass is 298 g/mol. The second kappa shape index (κ2) is 4.73.